The van der Waals surface area contributed by atoms with Crippen LogP contribution in [0.15, 0.2) is 66.9 Å². The number of rotatable bonds is 7. The van der Waals surface area contributed by atoms with Crippen LogP contribution in [-0.2, 0) is 25.3 Å². The Hall–Kier alpha value is -2.99. The molecular weight excluding hydrogens is 512 g/mol. The van der Waals surface area contributed by atoms with E-state index in [1.165, 1.54) is 0 Å². The van der Waals surface area contributed by atoms with Gasteiger partial charge in [-0.25, -0.2) is 0 Å². The minimum atomic E-state index is -5.91. The van der Waals surface area contributed by atoms with Gasteiger partial charge in [-0.05, 0) is 28.3 Å². The average Bonchev–Trinajstić information content (AvgIpc) is 2.89. The van der Waals surface area contributed by atoms with E-state index in [9.17, 15) is 31.4 Å². The molecule has 1 aromatic heterocycles. The van der Waals surface area contributed by atoms with Crippen molar-refractivity contribution in [3.63, 3.8) is 0 Å². The third-order valence-electron chi connectivity index (χ3n) is 6.74. The van der Waals surface area contributed by atoms with E-state index in [0.29, 0.717) is 35.5 Å². The second-order valence-electron chi connectivity index (χ2n) is 9.35. The molecule has 4 rings (SSSR count). The Labute approximate surface area is 216 Å². The molecule has 1 aliphatic heterocycles. The maximum atomic E-state index is 13.1. The van der Waals surface area contributed by atoms with E-state index in [1.54, 1.807) is 18.3 Å². The number of piperazine rings is 1. The number of alkyl halides is 6. The molecule has 0 aliphatic carbocycles. The lowest BCUT2D eigenvalue weighted by molar-refractivity contribution is -0.376. The summed E-state index contributed by atoms with van der Waals surface area (Å²) in [7, 11) is 0. The number of hydrogen-bond acceptors (Lipinski definition) is 5. The number of hydrogen-bond donors (Lipinski definition) is 2. The first-order valence-corrected chi connectivity index (χ1v) is 12.0. The molecule has 0 radical (unpaired) electrons. The standard InChI is InChI=1S/C27H27F6N3O2/c28-26(29,30)25(38,27(31,32)33)23-8-6-22(7-9-23)21-4-1-19(2-5-21)16-35-11-13-36(14-12-35)17-20-3-10-24(18-37)34-15-20/h1-10,15,37-38H,11-14,16-18H2. The number of nitrogens with zero attached hydrogens (tertiary/aromatic N) is 3. The summed E-state index contributed by atoms with van der Waals surface area (Å²) in [6.07, 6.45) is -10.0. The maximum Gasteiger partial charge on any atom is 0.430 e. The third-order valence-corrected chi connectivity index (χ3v) is 6.74. The van der Waals surface area contributed by atoms with E-state index in [1.807, 2.05) is 24.3 Å². The van der Waals surface area contributed by atoms with Crippen molar-refractivity contribution >= 4 is 0 Å². The largest absolute Gasteiger partial charge is 0.430 e. The Morgan fingerprint density at radius 1 is 0.658 bits per heavy atom. The summed E-state index contributed by atoms with van der Waals surface area (Å²) in [4.78, 5) is 8.85. The van der Waals surface area contributed by atoms with E-state index in [-0.39, 0.29) is 6.61 Å². The first kappa shape index (κ1) is 28.0. The van der Waals surface area contributed by atoms with Gasteiger partial charge in [-0.2, -0.15) is 26.3 Å². The van der Waals surface area contributed by atoms with E-state index in [2.05, 4.69) is 14.8 Å². The molecule has 1 fully saturated rings. The lowest BCUT2D eigenvalue weighted by Crippen LogP contribution is -2.53. The van der Waals surface area contributed by atoms with Crippen molar-refractivity contribution < 1.29 is 36.6 Å². The summed E-state index contributed by atoms with van der Waals surface area (Å²) in [6, 6.07) is 14.7. The predicted molar refractivity (Wildman–Crippen MR) is 129 cm³/mol. The predicted octanol–water partition coefficient (Wildman–Crippen LogP) is 4.87. The summed E-state index contributed by atoms with van der Waals surface area (Å²) in [5.74, 6) is 0. The summed E-state index contributed by atoms with van der Waals surface area (Å²) in [6.45, 7) is 4.91. The normalized spacial score (nSPS) is 16.1. The molecule has 11 heteroatoms. The van der Waals surface area contributed by atoms with Crippen LogP contribution < -0.4 is 0 Å². The maximum absolute atomic E-state index is 13.1. The van der Waals surface area contributed by atoms with Crippen LogP contribution in [0.2, 0.25) is 0 Å². The monoisotopic (exact) mass is 539 g/mol. The van der Waals surface area contributed by atoms with Crippen LogP contribution in [-0.4, -0.2) is 63.5 Å². The lowest BCUT2D eigenvalue weighted by Gasteiger charge is -2.34. The van der Waals surface area contributed by atoms with Crippen molar-refractivity contribution in [1.82, 2.24) is 14.8 Å². The van der Waals surface area contributed by atoms with Gasteiger partial charge in [0, 0.05) is 51.0 Å². The van der Waals surface area contributed by atoms with E-state index >= 15 is 0 Å². The minimum Gasteiger partial charge on any atom is -0.390 e. The highest BCUT2D eigenvalue weighted by atomic mass is 19.4. The molecule has 1 aliphatic rings. The Balaban J connectivity index is 1.34. The van der Waals surface area contributed by atoms with Crippen LogP contribution in [0.4, 0.5) is 26.3 Å². The highest BCUT2D eigenvalue weighted by molar-refractivity contribution is 5.64. The zero-order chi connectivity index (χ0) is 27.6. The third kappa shape index (κ3) is 6.01. The van der Waals surface area contributed by atoms with Crippen LogP contribution in [0.3, 0.4) is 0 Å². The Morgan fingerprint density at radius 3 is 1.53 bits per heavy atom. The molecule has 1 saturated heterocycles. The molecule has 2 heterocycles. The van der Waals surface area contributed by atoms with Gasteiger partial charge in [-0.1, -0.05) is 54.6 Å². The summed E-state index contributed by atoms with van der Waals surface area (Å²) in [5.41, 5.74) is -2.40. The van der Waals surface area contributed by atoms with Gasteiger partial charge < -0.3 is 10.2 Å². The Kier molecular flexibility index (Phi) is 8.12. The molecular formula is C27H27F6N3O2. The van der Waals surface area contributed by atoms with Crippen molar-refractivity contribution in [2.45, 2.75) is 37.7 Å². The second kappa shape index (κ2) is 11.0. The van der Waals surface area contributed by atoms with Gasteiger partial charge in [0.15, 0.2) is 0 Å². The molecule has 0 unspecified atom stereocenters. The van der Waals surface area contributed by atoms with Crippen LogP contribution in [0.5, 0.6) is 0 Å². The lowest BCUT2D eigenvalue weighted by atomic mass is 9.90. The molecule has 38 heavy (non-hydrogen) atoms. The quantitative estimate of drug-likeness (QED) is 0.420. The van der Waals surface area contributed by atoms with Gasteiger partial charge in [-0.15, -0.1) is 0 Å². The second-order valence-corrected chi connectivity index (χ2v) is 9.35. The van der Waals surface area contributed by atoms with E-state index < -0.39 is 23.5 Å². The summed E-state index contributed by atoms with van der Waals surface area (Å²) >= 11 is 0. The van der Waals surface area contributed by atoms with Gasteiger partial charge in [0.2, 0.25) is 0 Å². The molecule has 204 valence electrons. The summed E-state index contributed by atoms with van der Waals surface area (Å²) < 4.78 is 78.6. The molecule has 0 saturated carbocycles. The summed E-state index contributed by atoms with van der Waals surface area (Å²) in [5, 5.41) is 18.7. The van der Waals surface area contributed by atoms with Gasteiger partial charge >= 0.3 is 12.4 Å². The van der Waals surface area contributed by atoms with Crippen LogP contribution in [0.1, 0.15) is 22.4 Å². The number of benzene rings is 2. The van der Waals surface area contributed by atoms with Crippen molar-refractivity contribution in [2.24, 2.45) is 0 Å². The van der Waals surface area contributed by atoms with E-state index in [4.69, 9.17) is 5.11 Å². The first-order chi connectivity index (χ1) is 17.9. The topological polar surface area (TPSA) is 59.8 Å². The van der Waals surface area contributed by atoms with Gasteiger partial charge in [0.1, 0.15) is 0 Å². The fourth-order valence-corrected chi connectivity index (χ4v) is 4.46. The molecule has 0 amide bonds. The smallest absolute Gasteiger partial charge is 0.390 e. The minimum absolute atomic E-state index is 0.0829. The fraction of sp³-hybridized carbons (Fsp3) is 0.370. The molecule has 2 N–H and O–H groups in total. The molecule has 3 aromatic rings. The number of halogens is 6. The van der Waals surface area contributed by atoms with Gasteiger partial charge in [0.05, 0.1) is 12.3 Å². The van der Waals surface area contributed by atoms with Crippen molar-refractivity contribution in [1.29, 1.82) is 0 Å². The number of aliphatic hydroxyl groups excluding tert-OH is 1. The molecule has 5 nitrogen and oxygen atoms in total. The van der Waals surface area contributed by atoms with Crippen LogP contribution in [0.25, 0.3) is 11.1 Å². The number of aromatic nitrogens is 1. The Morgan fingerprint density at radius 2 is 1.11 bits per heavy atom. The zero-order valence-electron chi connectivity index (χ0n) is 20.3. The fourth-order valence-electron chi connectivity index (χ4n) is 4.46. The van der Waals surface area contributed by atoms with Crippen LogP contribution in [0, 0.1) is 0 Å². The highest BCUT2D eigenvalue weighted by Crippen LogP contribution is 2.50. The van der Waals surface area contributed by atoms with E-state index in [0.717, 1.165) is 56.0 Å². The van der Waals surface area contributed by atoms with Gasteiger partial charge in [-0.3, -0.25) is 14.8 Å². The van der Waals surface area contributed by atoms with Crippen LogP contribution >= 0.6 is 0 Å². The first-order valence-electron chi connectivity index (χ1n) is 12.0. The zero-order valence-corrected chi connectivity index (χ0v) is 20.3. The molecule has 0 bridgehead atoms. The molecule has 0 atom stereocenters. The Bertz CT molecular complexity index is 1170. The van der Waals surface area contributed by atoms with Crippen molar-refractivity contribution in [3.8, 4) is 11.1 Å². The molecule has 2 aromatic carbocycles. The number of pyridine rings is 1. The molecule has 0 spiro atoms. The van der Waals surface area contributed by atoms with Crippen molar-refractivity contribution in [3.05, 3.63) is 89.2 Å². The van der Waals surface area contributed by atoms with Crippen molar-refractivity contribution in [2.75, 3.05) is 26.2 Å². The van der Waals surface area contributed by atoms with Gasteiger partial charge in [0.25, 0.3) is 5.60 Å². The SMILES string of the molecule is OCc1ccc(CN2CCN(Cc3ccc(-c4ccc(C(O)(C(F)(F)F)C(F)(F)F)cc4)cc3)CC2)cn1. The number of aliphatic hydroxyl groups is 2. The highest BCUT2D eigenvalue weighted by Gasteiger charge is 2.71. The average molecular weight is 540 g/mol.